The Hall–Kier alpha value is 1.73. The summed E-state index contributed by atoms with van der Waals surface area (Å²) in [4.78, 5) is 60.0. The zero-order valence-corrected chi connectivity index (χ0v) is 32.7. The number of rotatable bonds is 10. The van der Waals surface area contributed by atoms with Crippen LogP contribution in [0, 0.1) is 0 Å². The van der Waals surface area contributed by atoms with Crippen molar-refractivity contribution in [3.05, 3.63) is 0 Å². The summed E-state index contributed by atoms with van der Waals surface area (Å²) in [5.41, 5.74) is -5.95. The Morgan fingerprint density at radius 3 is 0.629 bits per heavy atom. The summed E-state index contributed by atoms with van der Waals surface area (Å²) in [6.45, 7) is 0. The zero-order valence-electron chi connectivity index (χ0n) is 16.9. The maximum atomic E-state index is 10.1. The van der Waals surface area contributed by atoms with Gasteiger partial charge in [0, 0.05) is 152 Å². The number of aliphatic carboxylic acids is 6. The molecule has 0 bridgehead atoms. The van der Waals surface area contributed by atoms with E-state index in [-0.39, 0.29) is 161 Å². The molecule has 0 rings (SSSR count). The summed E-state index contributed by atoms with van der Waals surface area (Å²) < 4.78 is 0. The van der Waals surface area contributed by atoms with Gasteiger partial charge < -0.3 is 69.6 Å². The molecule has 35 heavy (non-hydrogen) atoms. The first-order valence-electron chi connectivity index (χ1n) is 6.23. The number of carbonyl (C=O) groups excluding carboxylic acids is 6. The van der Waals surface area contributed by atoms with Gasteiger partial charge in [0.15, 0.2) is 0 Å². The van der Waals surface area contributed by atoms with Gasteiger partial charge in [0.2, 0.25) is 0 Å². The topological polar surface area (TPSA) is 281 Å². The molecule has 0 atom stereocenters. The van der Waals surface area contributed by atoms with Crippen molar-refractivity contribution in [1.29, 1.82) is 0 Å². The maximum absolute atomic E-state index is 10.1. The van der Waals surface area contributed by atoms with Crippen molar-refractivity contribution in [2.24, 2.45) is 0 Å². The van der Waals surface area contributed by atoms with Crippen LogP contribution in [0.4, 0.5) is 0 Å². The van der Waals surface area contributed by atoms with Crippen LogP contribution in [0.25, 0.3) is 0 Å². The molecule has 0 unspecified atom stereocenters. The number of carbonyl (C=O) groups is 6. The molecule has 14 nitrogen and oxygen atoms in total. The predicted octanol–water partition coefficient (Wildman–Crippen LogP) is -10.5. The van der Waals surface area contributed by atoms with Crippen LogP contribution in [0.5, 0.6) is 0 Å². The van der Waals surface area contributed by atoms with Crippen LogP contribution in [0.3, 0.4) is 0 Å². The third-order valence-electron chi connectivity index (χ3n) is 2.51. The Labute approximate surface area is 299 Å². The van der Waals surface area contributed by atoms with Crippen molar-refractivity contribution in [2.75, 3.05) is 0 Å². The van der Waals surface area contributed by atoms with Gasteiger partial charge in [0.25, 0.3) is 0 Å². The third-order valence-corrected chi connectivity index (χ3v) is 2.51. The molecule has 0 aromatic heterocycles. The molecule has 23 heteroatoms. The van der Waals surface area contributed by atoms with Crippen LogP contribution in [-0.4, -0.2) is 57.2 Å². The quantitative estimate of drug-likeness (QED) is 0.193. The first-order valence-corrected chi connectivity index (χ1v) is 6.23. The molecule has 0 spiro atoms. The van der Waals surface area contributed by atoms with Gasteiger partial charge in [-0.25, -0.2) is 0 Å². The predicted molar refractivity (Wildman–Crippen MR) is 58.4 cm³/mol. The molecule has 0 amide bonds. The first kappa shape index (κ1) is 70.8. The molecule has 193 valence electrons. The van der Waals surface area contributed by atoms with Crippen molar-refractivity contribution in [3.8, 4) is 0 Å². The third kappa shape index (κ3) is 35.7. The molecular weight excluding hydrogens is 897 g/mol. The molecule has 2 N–H and O–H groups in total. The standard InChI is InChI=1S/2C6H8O7.3Fe.3Mn.3Zn/c2*7-3(8)1-6(13,5(11)12)2-4(9)10;;;;;;;;;/h2*13H,1-2H2,(H,7,8)(H,9,10)(H,11,12);;;;;;;;;/q;;;;;;;;3*+2/p-6. The Morgan fingerprint density at radius 2 is 0.571 bits per heavy atom. The summed E-state index contributed by atoms with van der Waals surface area (Å²) in [6, 6.07) is 0. The second kappa shape index (κ2) is 33.8. The van der Waals surface area contributed by atoms with E-state index in [1.54, 1.807) is 0 Å². The minimum Gasteiger partial charge on any atom is -0.550 e. The summed E-state index contributed by atoms with van der Waals surface area (Å²) in [5, 5.41) is 77.9. The van der Waals surface area contributed by atoms with E-state index < -0.39 is 72.7 Å². The van der Waals surface area contributed by atoms with Crippen molar-refractivity contribution in [1.82, 2.24) is 0 Å². The summed E-state index contributed by atoms with van der Waals surface area (Å²) >= 11 is 0. The van der Waals surface area contributed by atoms with Gasteiger partial charge >= 0.3 is 58.4 Å². The minimum absolute atomic E-state index is 0. The largest absolute Gasteiger partial charge is 2.00 e. The summed E-state index contributed by atoms with van der Waals surface area (Å²) in [7, 11) is 0. The summed E-state index contributed by atoms with van der Waals surface area (Å²) in [5.74, 6) is -12.0. The average Bonchev–Trinajstić information content (AvgIpc) is 2.34. The Balaban J connectivity index is -0.0000000291. The molecule has 0 saturated heterocycles. The smallest absolute Gasteiger partial charge is 0.550 e. The molecular formula is C12H10Fe3Mn3O14Zn3. The molecule has 0 aliphatic rings. The molecule has 0 saturated carbocycles. The fourth-order valence-corrected chi connectivity index (χ4v) is 1.37. The average molecular weight is 907 g/mol. The maximum Gasteiger partial charge on any atom is 2.00 e. The molecule has 0 fully saturated rings. The van der Waals surface area contributed by atoms with Crippen molar-refractivity contribution < 1.29 is 230 Å². The van der Waals surface area contributed by atoms with Crippen LogP contribution in [0.2, 0.25) is 0 Å². The first-order chi connectivity index (χ1) is 11.6. The van der Waals surface area contributed by atoms with Gasteiger partial charge in [-0.2, -0.15) is 0 Å². The minimum atomic E-state index is -2.97. The molecule has 0 heterocycles. The Morgan fingerprint density at radius 1 is 0.457 bits per heavy atom. The van der Waals surface area contributed by atoms with E-state index in [4.69, 9.17) is 10.2 Å². The van der Waals surface area contributed by atoms with Crippen LogP contribution >= 0.6 is 0 Å². The zero-order chi connectivity index (χ0) is 21.3. The van der Waals surface area contributed by atoms with Crippen molar-refractivity contribution in [2.45, 2.75) is 36.9 Å². The van der Waals surface area contributed by atoms with Crippen LogP contribution in [0.15, 0.2) is 0 Å². The van der Waals surface area contributed by atoms with Gasteiger partial charge in [0.1, 0.15) is 11.2 Å². The van der Waals surface area contributed by atoms with Crippen LogP contribution < -0.4 is 30.6 Å². The van der Waals surface area contributed by atoms with E-state index in [2.05, 4.69) is 0 Å². The second-order valence-electron chi connectivity index (χ2n) is 4.83. The van der Waals surface area contributed by atoms with E-state index >= 15 is 0 Å². The van der Waals surface area contributed by atoms with E-state index in [1.807, 2.05) is 0 Å². The second-order valence-corrected chi connectivity index (χ2v) is 4.83. The SMILES string of the molecule is O=C([O-])CC(O)(CC(=O)[O-])C(=O)[O-].O=C([O-])CC(O)(CC(=O)[O-])C(=O)[O-].[Fe].[Fe].[Fe].[Mn].[Mn].[Mn].[Zn+2].[Zn+2].[Zn+2]. The van der Waals surface area contributed by atoms with Crippen molar-refractivity contribution >= 4 is 35.8 Å². The van der Waals surface area contributed by atoms with Crippen molar-refractivity contribution in [3.63, 3.8) is 0 Å². The van der Waals surface area contributed by atoms with Gasteiger partial charge in [-0.3, -0.25) is 0 Å². The van der Waals surface area contributed by atoms with E-state index in [1.165, 1.54) is 0 Å². The molecule has 3 radical (unpaired) electrons. The van der Waals surface area contributed by atoms with Crippen LogP contribution in [-0.2, 0) is 190 Å². The van der Waals surface area contributed by atoms with E-state index in [0.29, 0.717) is 0 Å². The molecule has 0 aromatic carbocycles. The van der Waals surface area contributed by atoms with E-state index in [0.717, 1.165) is 0 Å². The van der Waals surface area contributed by atoms with Gasteiger partial charge in [-0.05, 0) is 0 Å². The Bertz CT molecular complexity index is 550. The number of hydrogen-bond acceptors (Lipinski definition) is 14. The molecule has 0 aliphatic heterocycles. The number of hydrogen-bond donors (Lipinski definition) is 2. The monoisotopic (exact) mass is 902 g/mol. The van der Waals surface area contributed by atoms with E-state index in [9.17, 15) is 59.4 Å². The number of aliphatic hydroxyl groups is 2. The Kier molecular flexibility index (Phi) is 68.3. The fraction of sp³-hybridized carbons (Fsp3) is 0.500. The molecule has 0 aromatic rings. The molecule has 0 aliphatic carbocycles. The van der Waals surface area contributed by atoms with Gasteiger partial charge in [-0.1, -0.05) is 0 Å². The normalized spacial score (nSPS) is 8.06. The fourth-order valence-electron chi connectivity index (χ4n) is 1.37. The number of carboxylic acids is 6. The number of carboxylic acid groups (broad SMARTS) is 6. The van der Waals surface area contributed by atoms with Crippen LogP contribution in [0.1, 0.15) is 25.7 Å². The summed E-state index contributed by atoms with van der Waals surface area (Å²) in [6.07, 6.45) is -5.43. The van der Waals surface area contributed by atoms with Gasteiger partial charge in [0.05, 0.1) is 11.9 Å². The van der Waals surface area contributed by atoms with Gasteiger partial charge in [-0.15, -0.1) is 0 Å².